The van der Waals surface area contributed by atoms with E-state index in [2.05, 4.69) is 17.1 Å². The average Bonchev–Trinajstić information content (AvgIpc) is 2.21. The van der Waals surface area contributed by atoms with Crippen molar-refractivity contribution in [3.63, 3.8) is 0 Å². The lowest BCUT2D eigenvalue weighted by atomic mass is 10.2. The molecule has 13 heavy (non-hydrogen) atoms. The first-order valence-electron chi connectivity index (χ1n) is 3.85. The fourth-order valence-electron chi connectivity index (χ4n) is 0.880. The van der Waals surface area contributed by atoms with Crippen LogP contribution in [0.25, 0.3) is 0 Å². The quantitative estimate of drug-likeness (QED) is 0.447. The number of methoxy groups -OCH3 is 1. The van der Waals surface area contributed by atoms with Gasteiger partial charge in [0.15, 0.2) is 0 Å². The molecule has 0 aliphatic rings. The van der Waals surface area contributed by atoms with E-state index in [1.807, 2.05) is 30.3 Å². The maximum Gasteiger partial charge on any atom is 0.282 e. The lowest BCUT2D eigenvalue weighted by molar-refractivity contribution is -0.231. The predicted octanol–water partition coefficient (Wildman–Crippen LogP) is 1.99. The number of benzene rings is 1. The van der Waals surface area contributed by atoms with Crippen LogP contribution in [0.1, 0.15) is 5.56 Å². The molecule has 0 fully saturated rings. The molecular weight excluding hydrogens is 188 g/mol. The van der Waals surface area contributed by atoms with E-state index >= 15 is 0 Å². The lowest BCUT2D eigenvalue weighted by Gasteiger charge is -2.12. The van der Waals surface area contributed by atoms with Gasteiger partial charge in [-0.15, -0.1) is 0 Å². The lowest BCUT2D eigenvalue weighted by Crippen LogP contribution is -2.14. The first-order valence-corrected chi connectivity index (χ1v) is 4.22. The van der Waals surface area contributed by atoms with Gasteiger partial charge in [0.25, 0.3) is 6.48 Å². The Bertz CT molecular complexity index is 224. The summed E-state index contributed by atoms with van der Waals surface area (Å²) in [7, 11) is 1.49. The fraction of sp³-hybridized carbons (Fsp3) is 0.333. The van der Waals surface area contributed by atoms with Gasteiger partial charge in [-0.2, -0.15) is 0 Å². The molecule has 4 heteroatoms. The van der Waals surface area contributed by atoms with Crippen LogP contribution in [0.15, 0.2) is 30.3 Å². The van der Waals surface area contributed by atoms with Crippen molar-refractivity contribution in [2.45, 2.75) is 13.1 Å². The molecule has 0 spiro atoms. The highest BCUT2D eigenvalue weighted by Crippen LogP contribution is 2.05. The maximum atomic E-state index is 5.21. The Morgan fingerprint density at radius 3 is 2.54 bits per heavy atom. The normalized spacial score (nSPS) is 12.8. The molecule has 0 N–H and O–H groups in total. The third kappa shape index (κ3) is 3.78. The summed E-state index contributed by atoms with van der Waals surface area (Å²) in [5.41, 5.74) is 1.06. The van der Waals surface area contributed by atoms with E-state index in [-0.39, 0.29) is 0 Å². The summed E-state index contributed by atoms with van der Waals surface area (Å²) < 4.78 is 14.6. The Kier molecular flexibility index (Phi) is 4.85. The van der Waals surface area contributed by atoms with Crippen LogP contribution in [0, 0.1) is 0 Å². The second-order valence-electron chi connectivity index (χ2n) is 2.43. The van der Waals surface area contributed by atoms with Gasteiger partial charge in [0.05, 0.1) is 6.61 Å². The fourth-order valence-corrected chi connectivity index (χ4v) is 1.03. The van der Waals surface area contributed by atoms with Gasteiger partial charge < -0.3 is 9.47 Å². The van der Waals surface area contributed by atoms with E-state index in [4.69, 9.17) is 9.47 Å². The molecule has 1 rings (SSSR count). The summed E-state index contributed by atoms with van der Waals surface area (Å²) in [6, 6.07) is 9.77. The van der Waals surface area contributed by atoms with Crippen molar-refractivity contribution in [1.82, 2.24) is 0 Å². The molecule has 0 aliphatic carbocycles. The molecule has 1 atom stereocenters. The van der Waals surface area contributed by atoms with Crippen molar-refractivity contribution in [3.05, 3.63) is 35.9 Å². The zero-order chi connectivity index (χ0) is 9.52. The van der Waals surface area contributed by atoms with E-state index in [9.17, 15) is 0 Å². The van der Waals surface area contributed by atoms with Gasteiger partial charge in [0.1, 0.15) is 0 Å². The molecule has 3 nitrogen and oxygen atoms in total. The van der Waals surface area contributed by atoms with Crippen LogP contribution in [-0.4, -0.2) is 13.6 Å². The molecule has 1 aromatic carbocycles. The number of thiol groups is 1. The van der Waals surface area contributed by atoms with Crippen molar-refractivity contribution in [2.24, 2.45) is 0 Å². The van der Waals surface area contributed by atoms with Gasteiger partial charge in [0, 0.05) is 7.11 Å². The SMILES string of the molecule is COC(OS)OCc1ccccc1. The summed E-state index contributed by atoms with van der Waals surface area (Å²) in [6.45, 7) is -0.275. The summed E-state index contributed by atoms with van der Waals surface area (Å²) in [5, 5.41) is 0. The molecule has 0 radical (unpaired) electrons. The van der Waals surface area contributed by atoms with Gasteiger partial charge in [-0.05, 0) is 18.5 Å². The monoisotopic (exact) mass is 200 g/mol. The van der Waals surface area contributed by atoms with E-state index in [0.717, 1.165) is 5.56 Å². The van der Waals surface area contributed by atoms with Gasteiger partial charge in [-0.25, -0.2) is 0 Å². The molecule has 0 aliphatic heterocycles. The first-order chi connectivity index (χ1) is 6.36. The van der Waals surface area contributed by atoms with Crippen molar-refractivity contribution in [3.8, 4) is 0 Å². The standard InChI is InChI=1S/C9H12O3S/c1-10-9(12-13)11-7-8-5-3-2-4-6-8/h2-6,9,13H,7H2,1H3. The number of hydrogen-bond acceptors (Lipinski definition) is 4. The highest BCUT2D eigenvalue weighted by atomic mass is 32.1. The molecule has 1 aromatic rings. The molecule has 0 saturated heterocycles. The van der Waals surface area contributed by atoms with Gasteiger partial charge >= 0.3 is 0 Å². The van der Waals surface area contributed by atoms with Crippen molar-refractivity contribution < 1.29 is 13.7 Å². The van der Waals surface area contributed by atoms with Crippen molar-refractivity contribution in [1.29, 1.82) is 0 Å². The van der Waals surface area contributed by atoms with E-state index in [1.54, 1.807) is 0 Å². The van der Waals surface area contributed by atoms with Crippen LogP contribution in [0.5, 0.6) is 0 Å². The highest BCUT2D eigenvalue weighted by molar-refractivity contribution is 7.75. The van der Waals surface area contributed by atoms with Gasteiger partial charge in [-0.1, -0.05) is 30.3 Å². The van der Waals surface area contributed by atoms with E-state index in [0.29, 0.717) is 6.61 Å². The van der Waals surface area contributed by atoms with Crippen molar-refractivity contribution >= 4 is 12.9 Å². The molecule has 0 aromatic heterocycles. The van der Waals surface area contributed by atoms with Gasteiger partial charge in [-0.3, -0.25) is 4.18 Å². The third-order valence-corrected chi connectivity index (χ3v) is 1.68. The zero-order valence-corrected chi connectivity index (χ0v) is 8.24. The van der Waals surface area contributed by atoms with Crippen LogP contribution in [-0.2, 0) is 20.3 Å². The van der Waals surface area contributed by atoms with Gasteiger partial charge in [0.2, 0.25) is 0 Å². The minimum Gasteiger partial charge on any atom is -0.333 e. The minimum absolute atomic E-state index is 0.444. The molecule has 0 amide bonds. The predicted molar refractivity (Wildman–Crippen MR) is 52.1 cm³/mol. The smallest absolute Gasteiger partial charge is 0.282 e. The number of ether oxygens (including phenoxy) is 2. The van der Waals surface area contributed by atoms with Crippen molar-refractivity contribution in [2.75, 3.05) is 7.11 Å². The maximum absolute atomic E-state index is 5.21. The molecule has 0 bridgehead atoms. The highest BCUT2D eigenvalue weighted by Gasteiger charge is 2.04. The van der Waals surface area contributed by atoms with Crippen LogP contribution in [0.4, 0.5) is 0 Å². The van der Waals surface area contributed by atoms with E-state index in [1.165, 1.54) is 7.11 Å². The van der Waals surface area contributed by atoms with Crippen LogP contribution < -0.4 is 0 Å². The largest absolute Gasteiger partial charge is 0.333 e. The molecular formula is C9H12O3S. The first kappa shape index (κ1) is 10.5. The van der Waals surface area contributed by atoms with Crippen LogP contribution >= 0.6 is 12.9 Å². The van der Waals surface area contributed by atoms with Crippen LogP contribution in [0.2, 0.25) is 0 Å². The topological polar surface area (TPSA) is 27.7 Å². The Morgan fingerprint density at radius 1 is 1.31 bits per heavy atom. The Hall–Kier alpha value is -0.550. The second kappa shape index (κ2) is 5.99. The minimum atomic E-state index is -0.719. The second-order valence-corrected chi connectivity index (χ2v) is 2.64. The summed E-state index contributed by atoms with van der Waals surface area (Å²) >= 11 is 3.59. The summed E-state index contributed by atoms with van der Waals surface area (Å²) in [5.74, 6) is 0. The number of rotatable bonds is 5. The number of hydrogen-bond donors (Lipinski definition) is 1. The Labute approximate surface area is 83.2 Å². The summed E-state index contributed by atoms with van der Waals surface area (Å²) in [4.78, 5) is 0. The average molecular weight is 200 g/mol. The third-order valence-electron chi connectivity index (χ3n) is 1.51. The zero-order valence-electron chi connectivity index (χ0n) is 7.34. The molecule has 1 unspecified atom stereocenters. The molecule has 0 heterocycles. The summed E-state index contributed by atoms with van der Waals surface area (Å²) in [6.07, 6.45) is 0. The molecule has 0 saturated carbocycles. The van der Waals surface area contributed by atoms with E-state index < -0.39 is 6.48 Å². The Morgan fingerprint density at radius 2 is 2.00 bits per heavy atom. The Balaban J connectivity index is 2.34. The van der Waals surface area contributed by atoms with Crippen LogP contribution in [0.3, 0.4) is 0 Å². The molecule has 72 valence electrons.